The summed E-state index contributed by atoms with van der Waals surface area (Å²) in [4.78, 5) is 11.1. The largest absolute Gasteiger partial charge is 0.481 e. The molecule has 110 valence electrons. The Morgan fingerprint density at radius 3 is 2.71 bits per heavy atom. The highest BCUT2D eigenvalue weighted by Gasteiger charge is 2.27. The predicted octanol–water partition coefficient (Wildman–Crippen LogP) is 1.79. The van der Waals surface area contributed by atoms with E-state index in [0.717, 1.165) is 0 Å². The Hall–Kier alpha value is -2.31. The molecule has 0 aliphatic carbocycles. The second-order valence-corrected chi connectivity index (χ2v) is 5.09. The summed E-state index contributed by atoms with van der Waals surface area (Å²) in [5, 5.41) is 17.0. The number of aromatic nitrogens is 3. The maximum absolute atomic E-state index is 13.7. The van der Waals surface area contributed by atoms with Gasteiger partial charge in [-0.2, -0.15) is 0 Å². The topological polar surface area (TPSA) is 68.0 Å². The number of nitrogens with zero attached hydrogens (tertiary/aromatic N) is 3. The predicted molar refractivity (Wildman–Crippen MR) is 68.6 cm³/mol. The van der Waals surface area contributed by atoms with Gasteiger partial charge in [0.15, 0.2) is 0 Å². The highest BCUT2D eigenvalue weighted by molar-refractivity contribution is 5.70. The second-order valence-electron chi connectivity index (χ2n) is 5.09. The Bertz CT molecular complexity index is 679. The normalized spacial score (nSPS) is 17.5. The first kappa shape index (κ1) is 13.7. The summed E-state index contributed by atoms with van der Waals surface area (Å²) in [6, 6.07) is 3.67. The molecule has 21 heavy (non-hydrogen) atoms. The molecule has 0 spiro atoms. The fraction of sp³-hybridized carbons (Fsp3) is 0.357. The lowest BCUT2D eigenvalue weighted by Crippen LogP contribution is -2.27. The van der Waals surface area contributed by atoms with Crippen LogP contribution in [-0.2, 0) is 24.2 Å². The molecule has 1 aliphatic rings. The molecule has 0 bridgehead atoms. The van der Waals surface area contributed by atoms with Crippen LogP contribution in [0.2, 0.25) is 0 Å². The zero-order chi connectivity index (χ0) is 15.0. The third-order valence-electron chi connectivity index (χ3n) is 3.77. The van der Waals surface area contributed by atoms with E-state index in [0.29, 0.717) is 24.5 Å². The van der Waals surface area contributed by atoms with E-state index >= 15 is 0 Å². The van der Waals surface area contributed by atoms with Gasteiger partial charge in [-0.1, -0.05) is 6.07 Å². The van der Waals surface area contributed by atoms with Crippen LogP contribution < -0.4 is 0 Å². The molecule has 0 saturated heterocycles. The van der Waals surface area contributed by atoms with Crippen LogP contribution in [0.5, 0.6) is 0 Å². The Balaban J connectivity index is 1.92. The first-order valence-corrected chi connectivity index (χ1v) is 6.63. The van der Waals surface area contributed by atoms with Crippen LogP contribution in [0.25, 0.3) is 0 Å². The highest BCUT2D eigenvalue weighted by Crippen LogP contribution is 2.23. The molecule has 1 unspecified atom stereocenters. The summed E-state index contributed by atoms with van der Waals surface area (Å²) in [7, 11) is 0. The number of aryl methyl sites for hydroxylation is 1. The van der Waals surface area contributed by atoms with Crippen molar-refractivity contribution in [2.75, 3.05) is 0 Å². The molecule has 1 N–H and O–H groups in total. The van der Waals surface area contributed by atoms with Crippen LogP contribution in [0, 0.1) is 17.6 Å². The number of aliphatic carboxylic acids is 1. The summed E-state index contributed by atoms with van der Waals surface area (Å²) in [6.45, 7) is 0.239. The molecular formula is C14H13F2N3O2. The molecule has 1 atom stereocenters. The number of hydrogen-bond donors (Lipinski definition) is 1. The van der Waals surface area contributed by atoms with Crippen LogP contribution in [-0.4, -0.2) is 25.8 Å². The third kappa shape index (κ3) is 2.51. The van der Waals surface area contributed by atoms with Gasteiger partial charge in [-0.15, -0.1) is 10.2 Å². The molecule has 1 aliphatic heterocycles. The van der Waals surface area contributed by atoms with E-state index in [1.807, 2.05) is 0 Å². The fourth-order valence-electron chi connectivity index (χ4n) is 2.57. The smallest absolute Gasteiger partial charge is 0.308 e. The molecule has 1 aromatic carbocycles. The summed E-state index contributed by atoms with van der Waals surface area (Å²) < 4.78 is 29.0. The summed E-state index contributed by atoms with van der Waals surface area (Å²) in [6.07, 6.45) is 0.961. The van der Waals surface area contributed by atoms with E-state index in [1.165, 1.54) is 18.2 Å². The number of carbonyl (C=O) groups is 1. The lowest BCUT2D eigenvalue weighted by molar-refractivity contribution is -0.142. The molecule has 7 heteroatoms. The maximum atomic E-state index is 13.7. The minimum atomic E-state index is -0.877. The number of carboxylic acid groups (broad SMARTS) is 1. The van der Waals surface area contributed by atoms with Gasteiger partial charge in [0.2, 0.25) is 0 Å². The monoisotopic (exact) mass is 293 g/mol. The van der Waals surface area contributed by atoms with Crippen molar-refractivity contribution in [3.05, 3.63) is 47.0 Å². The molecule has 1 aromatic heterocycles. The van der Waals surface area contributed by atoms with Crippen LogP contribution in [0.15, 0.2) is 18.2 Å². The van der Waals surface area contributed by atoms with Crippen LogP contribution in [0.3, 0.4) is 0 Å². The lowest BCUT2D eigenvalue weighted by atomic mass is 9.99. The first-order valence-electron chi connectivity index (χ1n) is 6.63. The standard InChI is InChI=1S/C14H13F2N3O2/c15-10-2-1-3-11(16)9(10)6-13-18-17-12-5-4-8(14(20)21)7-19(12)13/h1-3,8H,4-7H2,(H,20,21). The van der Waals surface area contributed by atoms with Gasteiger partial charge in [0.25, 0.3) is 0 Å². The van der Waals surface area contributed by atoms with Gasteiger partial charge >= 0.3 is 5.97 Å². The van der Waals surface area contributed by atoms with Gasteiger partial charge < -0.3 is 9.67 Å². The zero-order valence-corrected chi connectivity index (χ0v) is 11.1. The van der Waals surface area contributed by atoms with Crippen LogP contribution in [0.4, 0.5) is 8.78 Å². The van der Waals surface area contributed by atoms with E-state index in [4.69, 9.17) is 5.11 Å². The molecule has 0 radical (unpaired) electrons. The molecule has 3 rings (SSSR count). The molecule has 2 heterocycles. The van der Waals surface area contributed by atoms with Gasteiger partial charge in [-0.3, -0.25) is 4.79 Å². The molecule has 5 nitrogen and oxygen atoms in total. The number of rotatable bonds is 3. The molecule has 0 saturated carbocycles. The van der Waals surface area contributed by atoms with E-state index in [9.17, 15) is 13.6 Å². The average Bonchev–Trinajstić information content (AvgIpc) is 2.85. The minimum absolute atomic E-state index is 0.0438. The van der Waals surface area contributed by atoms with Crippen molar-refractivity contribution < 1.29 is 18.7 Å². The molecule has 0 amide bonds. The Morgan fingerprint density at radius 1 is 1.33 bits per heavy atom. The van der Waals surface area contributed by atoms with E-state index in [1.54, 1.807) is 4.57 Å². The maximum Gasteiger partial charge on any atom is 0.308 e. The van der Waals surface area contributed by atoms with Crippen molar-refractivity contribution in [2.24, 2.45) is 5.92 Å². The summed E-state index contributed by atoms with van der Waals surface area (Å²) in [5.41, 5.74) is -0.0786. The van der Waals surface area contributed by atoms with Gasteiger partial charge in [-0.05, 0) is 18.6 Å². The van der Waals surface area contributed by atoms with Gasteiger partial charge in [-0.25, -0.2) is 8.78 Å². The first-order chi connectivity index (χ1) is 10.1. The lowest BCUT2D eigenvalue weighted by Gasteiger charge is -2.21. The number of hydrogen-bond acceptors (Lipinski definition) is 3. The van der Waals surface area contributed by atoms with E-state index in [-0.39, 0.29) is 18.5 Å². The Morgan fingerprint density at radius 2 is 2.05 bits per heavy atom. The Labute approximate surface area is 119 Å². The van der Waals surface area contributed by atoms with Crippen molar-refractivity contribution in [2.45, 2.75) is 25.8 Å². The van der Waals surface area contributed by atoms with Crippen molar-refractivity contribution >= 4 is 5.97 Å². The van der Waals surface area contributed by atoms with Crippen molar-refractivity contribution in [1.29, 1.82) is 0 Å². The van der Waals surface area contributed by atoms with E-state index < -0.39 is 23.5 Å². The zero-order valence-electron chi connectivity index (χ0n) is 11.1. The van der Waals surface area contributed by atoms with Crippen LogP contribution in [0.1, 0.15) is 23.6 Å². The quantitative estimate of drug-likeness (QED) is 0.937. The van der Waals surface area contributed by atoms with Gasteiger partial charge in [0.1, 0.15) is 23.3 Å². The fourth-order valence-corrected chi connectivity index (χ4v) is 2.57. The SMILES string of the molecule is O=C(O)C1CCc2nnc(Cc3c(F)cccc3F)n2C1. The summed E-state index contributed by atoms with van der Waals surface area (Å²) in [5.74, 6) is -1.62. The van der Waals surface area contributed by atoms with Crippen molar-refractivity contribution in [3.63, 3.8) is 0 Å². The number of carboxylic acids is 1. The third-order valence-corrected chi connectivity index (χ3v) is 3.77. The number of halogens is 2. The Kier molecular flexibility index (Phi) is 3.40. The minimum Gasteiger partial charge on any atom is -0.481 e. The van der Waals surface area contributed by atoms with E-state index in [2.05, 4.69) is 10.2 Å². The van der Waals surface area contributed by atoms with Crippen molar-refractivity contribution in [1.82, 2.24) is 14.8 Å². The molecule has 0 fully saturated rings. The average molecular weight is 293 g/mol. The highest BCUT2D eigenvalue weighted by atomic mass is 19.1. The summed E-state index contributed by atoms with van der Waals surface area (Å²) >= 11 is 0. The van der Waals surface area contributed by atoms with Crippen LogP contribution >= 0.6 is 0 Å². The van der Waals surface area contributed by atoms with Crippen molar-refractivity contribution in [3.8, 4) is 0 Å². The molecular weight excluding hydrogens is 280 g/mol. The number of fused-ring (bicyclic) bond motifs is 1. The molecule has 2 aromatic rings. The van der Waals surface area contributed by atoms with Gasteiger partial charge in [0.05, 0.1) is 5.92 Å². The second kappa shape index (κ2) is 5.23. The van der Waals surface area contributed by atoms with Gasteiger partial charge in [0, 0.05) is 24.9 Å². The number of benzene rings is 1.